The molecule has 0 saturated carbocycles. The van der Waals surface area contributed by atoms with Crippen LogP contribution in [0.4, 0.5) is 5.82 Å². The number of anilines is 1. The van der Waals surface area contributed by atoms with Gasteiger partial charge in [-0.1, -0.05) is 11.2 Å². The normalized spacial score (nSPS) is 10.0. The van der Waals surface area contributed by atoms with Gasteiger partial charge >= 0.3 is 0 Å². The third kappa shape index (κ3) is 3.55. The van der Waals surface area contributed by atoms with Crippen LogP contribution in [0.2, 0.25) is 0 Å². The Balaban J connectivity index is 2.43. The van der Waals surface area contributed by atoms with Crippen LogP contribution in [0, 0.1) is 0 Å². The highest BCUT2D eigenvalue weighted by Crippen LogP contribution is 1.99. The Hall–Kier alpha value is -2.07. The first kappa shape index (κ1) is 10.0. The van der Waals surface area contributed by atoms with Crippen LogP contribution in [-0.2, 0) is 0 Å². The van der Waals surface area contributed by atoms with E-state index in [1.54, 1.807) is 12.3 Å². The number of nitrogen functional groups attached to an aromatic ring is 1. The van der Waals surface area contributed by atoms with Gasteiger partial charge in [-0.3, -0.25) is 4.98 Å². The number of aromatic nitrogens is 2. The molecule has 1 aromatic rings. The van der Waals surface area contributed by atoms with Crippen molar-refractivity contribution in [3.05, 3.63) is 34.6 Å². The Morgan fingerprint density at radius 3 is 3.00 bits per heavy atom. The van der Waals surface area contributed by atoms with Gasteiger partial charge in [-0.15, -0.1) is 0 Å². The van der Waals surface area contributed by atoms with Gasteiger partial charge in [0.25, 0.3) is 0 Å². The molecule has 0 atom stereocenters. The fourth-order valence-corrected chi connectivity index (χ4v) is 0.815. The van der Waals surface area contributed by atoms with E-state index in [1.807, 2.05) is 6.08 Å². The standard InChI is InChI=1S/C8H10N6/c9-8-6-11-7(5-12-8)3-1-2-4-13-14-10/h1,3,5-6H,2,4H2,(H2,9,12). The van der Waals surface area contributed by atoms with Crippen molar-refractivity contribution in [2.24, 2.45) is 5.11 Å². The number of hydrogen-bond donors (Lipinski definition) is 1. The lowest BCUT2D eigenvalue weighted by Crippen LogP contribution is -1.91. The summed E-state index contributed by atoms with van der Waals surface area (Å²) in [6.45, 7) is 0.454. The van der Waals surface area contributed by atoms with E-state index in [9.17, 15) is 0 Å². The first-order valence-electron chi connectivity index (χ1n) is 4.08. The number of hydrogen-bond acceptors (Lipinski definition) is 4. The lowest BCUT2D eigenvalue weighted by atomic mass is 10.3. The summed E-state index contributed by atoms with van der Waals surface area (Å²) in [5, 5.41) is 3.39. The van der Waals surface area contributed by atoms with Crippen LogP contribution in [0.5, 0.6) is 0 Å². The molecular formula is C8H10N6. The molecule has 6 heteroatoms. The molecule has 6 nitrogen and oxygen atoms in total. The largest absolute Gasteiger partial charge is 0.382 e. The van der Waals surface area contributed by atoms with E-state index < -0.39 is 0 Å². The Morgan fingerprint density at radius 2 is 2.36 bits per heavy atom. The Morgan fingerprint density at radius 1 is 1.50 bits per heavy atom. The zero-order valence-corrected chi connectivity index (χ0v) is 7.54. The Labute approximate surface area is 81.1 Å². The van der Waals surface area contributed by atoms with Crippen LogP contribution < -0.4 is 5.73 Å². The van der Waals surface area contributed by atoms with Crippen LogP contribution in [0.15, 0.2) is 23.6 Å². The summed E-state index contributed by atoms with van der Waals surface area (Å²) in [5.74, 6) is 0.399. The maximum absolute atomic E-state index is 8.01. The van der Waals surface area contributed by atoms with E-state index in [-0.39, 0.29) is 0 Å². The van der Waals surface area contributed by atoms with Gasteiger partial charge in [-0.2, -0.15) is 0 Å². The van der Waals surface area contributed by atoms with Crippen molar-refractivity contribution in [2.75, 3.05) is 12.3 Å². The molecule has 0 aliphatic rings. The number of rotatable bonds is 4. The summed E-state index contributed by atoms with van der Waals surface area (Å²) in [6.07, 6.45) is 7.44. The minimum Gasteiger partial charge on any atom is -0.382 e. The second-order valence-electron chi connectivity index (χ2n) is 2.51. The van der Waals surface area contributed by atoms with Crippen molar-refractivity contribution >= 4 is 11.9 Å². The maximum atomic E-state index is 8.01. The van der Waals surface area contributed by atoms with E-state index in [1.165, 1.54) is 6.20 Å². The number of nitrogens with two attached hydrogens (primary N) is 1. The highest BCUT2D eigenvalue weighted by atomic mass is 15.1. The van der Waals surface area contributed by atoms with Crippen LogP contribution >= 0.6 is 0 Å². The summed E-state index contributed by atoms with van der Waals surface area (Å²) in [4.78, 5) is 10.5. The highest BCUT2D eigenvalue weighted by molar-refractivity contribution is 5.44. The lowest BCUT2D eigenvalue weighted by molar-refractivity contribution is 0.994. The number of azide groups is 1. The second kappa shape index (κ2) is 5.55. The predicted octanol–water partition coefficient (Wildman–Crippen LogP) is 1.77. The molecule has 0 amide bonds. The van der Waals surface area contributed by atoms with E-state index in [0.29, 0.717) is 18.8 Å². The molecule has 14 heavy (non-hydrogen) atoms. The maximum Gasteiger partial charge on any atom is 0.141 e. The minimum atomic E-state index is 0.399. The molecule has 0 aliphatic carbocycles. The molecule has 1 aromatic heterocycles. The zero-order chi connectivity index (χ0) is 10.2. The zero-order valence-electron chi connectivity index (χ0n) is 7.54. The van der Waals surface area contributed by atoms with E-state index in [4.69, 9.17) is 11.3 Å². The van der Waals surface area contributed by atoms with Crippen LogP contribution in [-0.4, -0.2) is 16.5 Å². The van der Waals surface area contributed by atoms with Crippen LogP contribution in [0.3, 0.4) is 0 Å². The lowest BCUT2D eigenvalue weighted by Gasteiger charge is -1.92. The molecule has 0 unspecified atom stereocenters. The van der Waals surface area contributed by atoms with Gasteiger partial charge in [0, 0.05) is 11.5 Å². The Bertz CT molecular complexity index is 349. The molecular weight excluding hydrogens is 180 g/mol. The second-order valence-corrected chi connectivity index (χ2v) is 2.51. The molecule has 0 radical (unpaired) electrons. The fourth-order valence-electron chi connectivity index (χ4n) is 0.815. The van der Waals surface area contributed by atoms with E-state index >= 15 is 0 Å². The van der Waals surface area contributed by atoms with Crippen LogP contribution in [0.1, 0.15) is 12.1 Å². The Kier molecular flexibility index (Phi) is 3.97. The van der Waals surface area contributed by atoms with Crippen molar-refractivity contribution in [3.63, 3.8) is 0 Å². The SMILES string of the molecule is [N-]=[N+]=NCCC=Cc1cnc(N)cn1. The molecule has 1 rings (SSSR count). The van der Waals surface area contributed by atoms with Crippen molar-refractivity contribution in [1.82, 2.24) is 9.97 Å². The first-order chi connectivity index (χ1) is 6.83. The third-order valence-electron chi connectivity index (χ3n) is 1.44. The molecule has 0 aromatic carbocycles. The summed E-state index contributed by atoms with van der Waals surface area (Å²) >= 11 is 0. The molecule has 2 N–H and O–H groups in total. The van der Waals surface area contributed by atoms with Crippen molar-refractivity contribution in [2.45, 2.75) is 6.42 Å². The molecule has 72 valence electrons. The highest BCUT2D eigenvalue weighted by Gasteiger charge is 1.88. The van der Waals surface area contributed by atoms with E-state index in [0.717, 1.165) is 5.69 Å². The van der Waals surface area contributed by atoms with Gasteiger partial charge in [-0.05, 0) is 18.0 Å². The molecule has 0 aliphatic heterocycles. The summed E-state index contributed by atoms with van der Waals surface area (Å²) in [7, 11) is 0. The molecule has 0 bridgehead atoms. The van der Waals surface area contributed by atoms with E-state index in [2.05, 4.69) is 20.0 Å². The van der Waals surface area contributed by atoms with Crippen molar-refractivity contribution in [1.29, 1.82) is 0 Å². The predicted molar refractivity (Wildman–Crippen MR) is 54.1 cm³/mol. The molecule has 0 saturated heterocycles. The van der Waals surface area contributed by atoms with Gasteiger partial charge in [0.2, 0.25) is 0 Å². The molecule has 0 fully saturated rings. The van der Waals surface area contributed by atoms with Gasteiger partial charge in [0.1, 0.15) is 5.82 Å². The van der Waals surface area contributed by atoms with Crippen LogP contribution in [0.25, 0.3) is 16.5 Å². The summed E-state index contributed by atoms with van der Waals surface area (Å²) < 4.78 is 0. The first-order valence-corrected chi connectivity index (χ1v) is 4.08. The third-order valence-corrected chi connectivity index (χ3v) is 1.44. The average molecular weight is 190 g/mol. The van der Waals surface area contributed by atoms with Gasteiger partial charge in [0.15, 0.2) is 0 Å². The smallest absolute Gasteiger partial charge is 0.141 e. The van der Waals surface area contributed by atoms with Gasteiger partial charge in [0.05, 0.1) is 18.1 Å². The average Bonchev–Trinajstić information content (AvgIpc) is 2.21. The number of nitrogens with zero attached hydrogens (tertiary/aromatic N) is 5. The summed E-state index contributed by atoms with van der Waals surface area (Å²) in [6, 6.07) is 0. The minimum absolute atomic E-state index is 0.399. The quantitative estimate of drug-likeness (QED) is 0.339. The summed E-state index contributed by atoms with van der Waals surface area (Å²) in [5.41, 5.74) is 14.1. The molecule has 0 spiro atoms. The van der Waals surface area contributed by atoms with Crippen molar-refractivity contribution in [3.8, 4) is 0 Å². The van der Waals surface area contributed by atoms with Gasteiger partial charge < -0.3 is 5.73 Å². The monoisotopic (exact) mass is 190 g/mol. The van der Waals surface area contributed by atoms with Crippen molar-refractivity contribution < 1.29 is 0 Å². The fraction of sp³-hybridized carbons (Fsp3) is 0.250. The van der Waals surface area contributed by atoms with Gasteiger partial charge in [-0.25, -0.2) is 4.98 Å². The molecule has 1 heterocycles. The topological polar surface area (TPSA) is 101 Å².